The fraction of sp³-hybridized carbons (Fsp3) is 0.444. The maximum atomic E-state index is 9.96. The lowest BCUT2D eigenvalue weighted by Gasteiger charge is -2.22. The Morgan fingerprint density at radius 3 is 2.45 bits per heavy atom. The maximum absolute atomic E-state index is 9.96. The SMILES string of the molecule is CC.Cc1nnc(-c2ccccc2O)cc1N1CC2CC2C1. The van der Waals surface area contributed by atoms with E-state index < -0.39 is 0 Å². The Hall–Kier alpha value is -2.10. The van der Waals surface area contributed by atoms with Gasteiger partial charge in [-0.3, -0.25) is 0 Å². The molecule has 1 aliphatic heterocycles. The summed E-state index contributed by atoms with van der Waals surface area (Å²) in [7, 11) is 0. The molecule has 0 bridgehead atoms. The molecular formula is C18H23N3O. The first kappa shape index (κ1) is 14.8. The lowest BCUT2D eigenvalue weighted by molar-refractivity contribution is 0.477. The van der Waals surface area contributed by atoms with Crippen molar-refractivity contribution in [3.05, 3.63) is 36.0 Å². The molecule has 1 aliphatic carbocycles. The zero-order valence-corrected chi connectivity index (χ0v) is 13.5. The summed E-state index contributed by atoms with van der Waals surface area (Å²) in [5.41, 5.74) is 3.60. The number of piperidine rings is 1. The number of hydrogen-bond acceptors (Lipinski definition) is 4. The second-order valence-electron chi connectivity index (χ2n) is 5.88. The Labute approximate surface area is 131 Å². The minimum absolute atomic E-state index is 0.251. The van der Waals surface area contributed by atoms with Crippen molar-refractivity contribution in [1.82, 2.24) is 10.2 Å². The van der Waals surface area contributed by atoms with Crippen molar-refractivity contribution in [2.75, 3.05) is 18.0 Å². The molecule has 2 aliphatic rings. The van der Waals surface area contributed by atoms with Crippen molar-refractivity contribution in [3.63, 3.8) is 0 Å². The fourth-order valence-corrected chi connectivity index (χ4v) is 3.18. The third-order valence-electron chi connectivity index (χ3n) is 4.45. The molecule has 116 valence electrons. The number of phenols is 1. The van der Waals surface area contributed by atoms with E-state index >= 15 is 0 Å². The topological polar surface area (TPSA) is 49.3 Å². The van der Waals surface area contributed by atoms with Crippen LogP contribution in [0, 0.1) is 18.8 Å². The van der Waals surface area contributed by atoms with Gasteiger partial charge in [-0.1, -0.05) is 26.0 Å². The highest BCUT2D eigenvalue weighted by Gasteiger charge is 2.45. The monoisotopic (exact) mass is 297 g/mol. The number of fused-ring (bicyclic) bond motifs is 1. The average Bonchev–Trinajstić information content (AvgIpc) is 3.16. The molecule has 4 nitrogen and oxygen atoms in total. The molecular weight excluding hydrogens is 274 g/mol. The van der Waals surface area contributed by atoms with E-state index in [4.69, 9.17) is 0 Å². The van der Waals surface area contributed by atoms with Crippen LogP contribution < -0.4 is 4.90 Å². The number of hydrogen-bond donors (Lipinski definition) is 1. The second-order valence-corrected chi connectivity index (χ2v) is 5.88. The third-order valence-corrected chi connectivity index (χ3v) is 4.45. The molecule has 1 saturated heterocycles. The molecule has 1 aromatic carbocycles. The molecule has 0 radical (unpaired) electrons. The Balaban J connectivity index is 0.000000693. The second kappa shape index (κ2) is 5.95. The van der Waals surface area contributed by atoms with Gasteiger partial charge in [-0.2, -0.15) is 5.10 Å². The molecule has 0 amide bonds. The van der Waals surface area contributed by atoms with Gasteiger partial charge in [-0.05, 0) is 43.4 Å². The summed E-state index contributed by atoms with van der Waals surface area (Å²) in [4.78, 5) is 2.41. The van der Waals surface area contributed by atoms with Crippen LogP contribution in [0.15, 0.2) is 30.3 Å². The molecule has 2 fully saturated rings. The third kappa shape index (κ3) is 2.65. The van der Waals surface area contributed by atoms with Crippen molar-refractivity contribution in [2.45, 2.75) is 27.2 Å². The zero-order valence-electron chi connectivity index (χ0n) is 13.5. The highest BCUT2D eigenvalue weighted by atomic mass is 16.3. The highest BCUT2D eigenvalue weighted by molar-refractivity contribution is 5.70. The van der Waals surface area contributed by atoms with E-state index in [9.17, 15) is 5.11 Å². The number of rotatable bonds is 2. The molecule has 2 aromatic rings. The first-order valence-electron chi connectivity index (χ1n) is 8.10. The molecule has 1 saturated carbocycles. The van der Waals surface area contributed by atoms with Crippen LogP contribution in [0.4, 0.5) is 5.69 Å². The van der Waals surface area contributed by atoms with E-state index in [0.29, 0.717) is 0 Å². The summed E-state index contributed by atoms with van der Waals surface area (Å²) in [5, 5.41) is 18.5. The van der Waals surface area contributed by atoms with E-state index in [1.54, 1.807) is 6.07 Å². The van der Waals surface area contributed by atoms with Gasteiger partial charge in [0.15, 0.2) is 0 Å². The lowest BCUT2D eigenvalue weighted by atomic mass is 10.1. The summed E-state index contributed by atoms with van der Waals surface area (Å²) >= 11 is 0. The van der Waals surface area contributed by atoms with E-state index in [-0.39, 0.29) is 5.75 Å². The number of aromatic hydroxyl groups is 1. The van der Waals surface area contributed by atoms with Gasteiger partial charge in [0.2, 0.25) is 0 Å². The molecule has 4 rings (SSSR count). The maximum Gasteiger partial charge on any atom is 0.125 e. The van der Waals surface area contributed by atoms with Gasteiger partial charge in [0, 0.05) is 18.7 Å². The first-order chi connectivity index (χ1) is 10.7. The predicted molar refractivity (Wildman–Crippen MR) is 89.0 cm³/mol. The van der Waals surface area contributed by atoms with E-state index in [1.165, 1.54) is 6.42 Å². The fourth-order valence-electron chi connectivity index (χ4n) is 3.18. The Bertz CT molecular complexity index is 661. The summed E-state index contributed by atoms with van der Waals surface area (Å²) in [6, 6.07) is 9.33. The lowest BCUT2D eigenvalue weighted by Crippen LogP contribution is -2.23. The van der Waals surface area contributed by atoms with Gasteiger partial charge in [0.1, 0.15) is 5.75 Å². The average molecular weight is 297 g/mol. The number of anilines is 1. The summed E-state index contributed by atoms with van der Waals surface area (Å²) < 4.78 is 0. The van der Waals surface area contributed by atoms with Gasteiger partial charge in [0.25, 0.3) is 0 Å². The van der Waals surface area contributed by atoms with Crippen LogP contribution in [0.5, 0.6) is 5.75 Å². The van der Waals surface area contributed by atoms with Gasteiger partial charge >= 0.3 is 0 Å². The Morgan fingerprint density at radius 2 is 1.77 bits per heavy atom. The predicted octanol–water partition coefficient (Wildman–Crippen LogP) is 3.64. The van der Waals surface area contributed by atoms with E-state index in [0.717, 1.165) is 47.6 Å². The van der Waals surface area contributed by atoms with Crippen LogP contribution in [0.2, 0.25) is 0 Å². The molecule has 2 heterocycles. The van der Waals surface area contributed by atoms with Crippen LogP contribution in [0.1, 0.15) is 26.0 Å². The van der Waals surface area contributed by atoms with Crippen molar-refractivity contribution in [3.8, 4) is 17.0 Å². The van der Waals surface area contributed by atoms with E-state index in [1.807, 2.05) is 39.0 Å². The van der Waals surface area contributed by atoms with Gasteiger partial charge in [0.05, 0.1) is 17.1 Å². The summed E-state index contributed by atoms with van der Waals surface area (Å²) in [6.07, 6.45) is 1.39. The van der Waals surface area contributed by atoms with Crippen molar-refractivity contribution in [2.24, 2.45) is 11.8 Å². The van der Waals surface area contributed by atoms with Gasteiger partial charge < -0.3 is 10.0 Å². The number of phenolic OH excluding ortho intramolecular Hbond substituents is 1. The number of para-hydroxylation sites is 1. The first-order valence-corrected chi connectivity index (χ1v) is 8.10. The minimum atomic E-state index is 0.251. The molecule has 2 atom stereocenters. The number of aryl methyl sites for hydroxylation is 1. The Morgan fingerprint density at radius 1 is 1.09 bits per heavy atom. The smallest absolute Gasteiger partial charge is 0.125 e. The van der Waals surface area contributed by atoms with Crippen LogP contribution >= 0.6 is 0 Å². The highest BCUT2D eigenvalue weighted by Crippen LogP contribution is 2.46. The molecule has 0 spiro atoms. The molecule has 1 aromatic heterocycles. The minimum Gasteiger partial charge on any atom is -0.507 e. The van der Waals surface area contributed by atoms with Crippen LogP contribution in [-0.2, 0) is 0 Å². The van der Waals surface area contributed by atoms with Crippen molar-refractivity contribution < 1.29 is 5.11 Å². The standard InChI is InChI=1S/C16H17N3O.C2H6/c1-10-15(19-8-11-6-12(11)9-19)7-14(18-17-10)13-4-2-3-5-16(13)20;1-2/h2-5,7,11-12,20H,6,8-9H2,1H3;1-2H3. The largest absolute Gasteiger partial charge is 0.507 e. The molecule has 2 unspecified atom stereocenters. The van der Waals surface area contributed by atoms with Gasteiger partial charge in [-0.25, -0.2) is 0 Å². The van der Waals surface area contributed by atoms with Crippen LogP contribution in [0.3, 0.4) is 0 Å². The quantitative estimate of drug-likeness (QED) is 0.919. The van der Waals surface area contributed by atoms with Crippen molar-refractivity contribution >= 4 is 5.69 Å². The normalized spacial score (nSPS) is 21.9. The molecule has 1 N–H and O–H groups in total. The van der Waals surface area contributed by atoms with E-state index in [2.05, 4.69) is 21.2 Å². The van der Waals surface area contributed by atoms with Crippen LogP contribution in [0.25, 0.3) is 11.3 Å². The zero-order chi connectivity index (χ0) is 15.7. The summed E-state index contributed by atoms with van der Waals surface area (Å²) in [6.45, 7) is 8.27. The van der Waals surface area contributed by atoms with Crippen molar-refractivity contribution in [1.29, 1.82) is 0 Å². The number of benzene rings is 1. The number of aromatic nitrogens is 2. The summed E-state index contributed by atoms with van der Waals surface area (Å²) in [5.74, 6) is 2.02. The molecule has 4 heteroatoms. The van der Waals surface area contributed by atoms with Crippen LogP contribution in [-0.4, -0.2) is 28.4 Å². The number of nitrogens with zero attached hydrogens (tertiary/aromatic N) is 3. The molecule has 22 heavy (non-hydrogen) atoms. The van der Waals surface area contributed by atoms with Gasteiger partial charge in [-0.15, -0.1) is 5.10 Å². The Kier molecular flexibility index (Phi) is 4.01.